The van der Waals surface area contributed by atoms with Gasteiger partial charge in [0.25, 0.3) is 11.8 Å². The predicted molar refractivity (Wildman–Crippen MR) is 118 cm³/mol. The van der Waals surface area contributed by atoms with Gasteiger partial charge in [0.05, 0.1) is 11.1 Å². The van der Waals surface area contributed by atoms with E-state index in [1.807, 2.05) is 0 Å². The van der Waals surface area contributed by atoms with Gasteiger partial charge < -0.3 is 0 Å². The Morgan fingerprint density at radius 3 is 0.607 bits per heavy atom. The van der Waals surface area contributed by atoms with Gasteiger partial charge in [-0.3, -0.25) is 14.9 Å². The third-order valence-electron chi connectivity index (χ3n) is 7.99. The Hall–Kier alpha value is -4.02. The molecule has 0 unspecified atom stereocenters. The van der Waals surface area contributed by atoms with Gasteiger partial charge in [-0.15, -0.1) is 0 Å². The smallest absolute Gasteiger partial charge is 0.288 e. The first-order valence-electron chi connectivity index (χ1n) is 13.5. The van der Waals surface area contributed by atoms with Gasteiger partial charge in [0, 0.05) is 11.1 Å². The molecular formula is C24H3F34NO2. The number of rotatable bonds is 14. The first-order chi connectivity index (χ1) is 26.0. The molecule has 0 bridgehead atoms. The van der Waals surface area contributed by atoms with Crippen molar-refractivity contribution in [3.05, 3.63) is 34.4 Å². The molecule has 1 N–H and O–H groups in total. The van der Waals surface area contributed by atoms with Crippen LogP contribution in [0.2, 0.25) is 0 Å². The van der Waals surface area contributed by atoms with E-state index in [4.69, 9.17) is 0 Å². The lowest BCUT2D eigenvalue weighted by molar-refractivity contribution is -0.464. The molecule has 37 heteroatoms. The van der Waals surface area contributed by atoms with Gasteiger partial charge in [0.1, 0.15) is 0 Å². The van der Waals surface area contributed by atoms with Crippen LogP contribution < -0.4 is 5.32 Å². The fraction of sp³-hybridized carbons (Fsp3) is 0.667. The lowest BCUT2D eigenvalue weighted by Crippen LogP contribution is -2.74. The standard InChI is InChI=1S/C24H3F34NO2/c25-9(26,11(29,30)13(33,34)15(37,38)17(41,42)19(45,46)21(49,50)23(53,54)55)5-1-3-4(8(61)59-7(3)60)2-6(5)10(27,28)12(31,32)14(35,36)16(39,40)18(43,44)20(47,48)22(51,52)24(56,57)58/h1-2H,(H,59,60,61). The van der Waals surface area contributed by atoms with Crippen LogP contribution in [0.5, 0.6) is 0 Å². The normalized spacial score (nSPS) is 17.2. The second-order valence-corrected chi connectivity index (χ2v) is 11.8. The van der Waals surface area contributed by atoms with E-state index in [2.05, 4.69) is 0 Å². The van der Waals surface area contributed by atoms with E-state index >= 15 is 17.6 Å². The van der Waals surface area contributed by atoms with E-state index in [0.29, 0.717) is 5.32 Å². The molecule has 0 atom stereocenters. The highest BCUT2D eigenvalue weighted by Crippen LogP contribution is 2.68. The van der Waals surface area contributed by atoms with Crippen molar-refractivity contribution in [2.75, 3.05) is 0 Å². The van der Waals surface area contributed by atoms with Crippen molar-refractivity contribution in [3.8, 4) is 0 Å². The molecule has 0 fully saturated rings. The number of carbonyl (C=O) groups excluding carboxylic acids is 2. The fourth-order valence-corrected chi connectivity index (χ4v) is 4.40. The SMILES string of the molecule is O=C1NC(=O)c2cc(C(F)(F)C(F)(F)C(F)(F)C(F)(F)C(F)(F)C(F)(F)C(F)(F)C(F)(F)F)c(C(F)(F)C(F)(F)C(F)(F)C(F)(F)C(F)(F)C(F)(F)C(F)(F)C(F)(F)F)cc21. The highest BCUT2D eigenvalue weighted by Gasteiger charge is 2.97. The third-order valence-corrected chi connectivity index (χ3v) is 7.99. The first-order valence-corrected chi connectivity index (χ1v) is 13.5. The van der Waals surface area contributed by atoms with Crippen molar-refractivity contribution in [1.82, 2.24) is 5.32 Å². The highest BCUT2D eigenvalue weighted by atomic mass is 19.4. The number of fused-ring (bicyclic) bond motifs is 1. The van der Waals surface area contributed by atoms with Gasteiger partial charge in [0.2, 0.25) is 0 Å². The number of amides is 2. The minimum atomic E-state index is -9.65. The molecule has 1 aromatic carbocycles. The van der Waals surface area contributed by atoms with Crippen LogP contribution in [0.15, 0.2) is 12.1 Å². The van der Waals surface area contributed by atoms with E-state index in [0.717, 1.165) is 0 Å². The van der Waals surface area contributed by atoms with E-state index < -0.39 is 141 Å². The first kappa shape index (κ1) is 53.1. The lowest BCUT2D eigenvalue weighted by Gasteiger charge is -2.44. The largest absolute Gasteiger partial charge is 0.460 e. The van der Waals surface area contributed by atoms with Gasteiger partial charge in [0.15, 0.2) is 0 Å². The van der Waals surface area contributed by atoms with Crippen LogP contribution >= 0.6 is 0 Å². The number of alkyl halides is 34. The van der Waals surface area contributed by atoms with E-state index in [9.17, 15) is 141 Å². The van der Waals surface area contributed by atoms with Crippen molar-refractivity contribution >= 4 is 11.8 Å². The zero-order chi connectivity index (χ0) is 49.6. The zero-order valence-corrected chi connectivity index (χ0v) is 26.3. The Morgan fingerprint density at radius 1 is 0.262 bits per heavy atom. The molecule has 61 heavy (non-hydrogen) atoms. The van der Waals surface area contributed by atoms with Gasteiger partial charge in [-0.05, 0) is 12.1 Å². The average molecular weight is 983 g/mol. The molecule has 0 radical (unpaired) electrons. The molecule has 2 rings (SSSR count). The molecule has 3 nitrogen and oxygen atoms in total. The maximum absolute atomic E-state index is 15.2. The summed E-state index contributed by atoms with van der Waals surface area (Å²) < 4.78 is 469. The summed E-state index contributed by atoms with van der Waals surface area (Å²) in [7, 11) is 0. The van der Waals surface area contributed by atoms with Crippen LogP contribution in [0.3, 0.4) is 0 Å². The monoisotopic (exact) mass is 983 g/mol. The fourth-order valence-electron chi connectivity index (χ4n) is 4.40. The Morgan fingerprint density at radius 2 is 0.426 bits per heavy atom. The van der Waals surface area contributed by atoms with Crippen LogP contribution in [-0.4, -0.2) is 95.2 Å². The quantitative estimate of drug-likeness (QED) is 0.149. The summed E-state index contributed by atoms with van der Waals surface area (Å²) >= 11 is 0. The molecule has 1 aliphatic heterocycles. The Balaban J connectivity index is 3.13. The summed E-state index contributed by atoms with van der Waals surface area (Å²) in [5.41, 5.74) is -14.9. The molecule has 0 aromatic heterocycles. The predicted octanol–water partition coefficient (Wildman–Crippen LogP) is 11.5. The summed E-state index contributed by atoms with van der Waals surface area (Å²) in [4.78, 5) is 23.5. The van der Waals surface area contributed by atoms with Gasteiger partial charge in [-0.1, -0.05) is 0 Å². The van der Waals surface area contributed by atoms with Gasteiger partial charge >= 0.3 is 95.3 Å². The van der Waals surface area contributed by atoms with Crippen LogP contribution in [0.4, 0.5) is 149 Å². The summed E-state index contributed by atoms with van der Waals surface area (Å²) in [6, 6.07) is -4.05. The van der Waals surface area contributed by atoms with Crippen molar-refractivity contribution in [1.29, 1.82) is 0 Å². The summed E-state index contributed by atoms with van der Waals surface area (Å²) in [5.74, 6) is -135. The van der Waals surface area contributed by atoms with Crippen molar-refractivity contribution in [2.45, 2.75) is 95.3 Å². The maximum Gasteiger partial charge on any atom is 0.460 e. The number of hydrogen-bond acceptors (Lipinski definition) is 2. The minimum absolute atomic E-state index is 0.582. The lowest BCUT2D eigenvalue weighted by atomic mass is 9.81. The molecule has 2 amide bonds. The van der Waals surface area contributed by atoms with Crippen LogP contribution in [0.1, 0.15) is 31.8 Å². The number of halogens is 34. The Bertz CT molecular complexity index is 1780. The molecule has 0 aliphatic carbocycles. The summed E-state index contributed by atoms with van der Waals surface area (Å²) in [5, 5.41) is 0.582. The maximum atomic E-state index is 15.2. The van der Waals surface area contributed by atoms with Gasteiger partial charge in [-0.2, -0.15) is 149 Å². The average Bonchev–Trinajstić information content (AvgIpc) is 3.33. The third kappa shape index (κ3) is 6.22. The summed E-state index contributed by atoms with van der Waals surface area (Å²) in [6.07, 6.45) is -16.7. The molecule has 0 saturated heterocycles. The zero-order valence-electron chi connectivity index (χ0n) is 26.3. The molecular weight excluding hydrogens is 980 g/mol. The Labute approximate surface area is 306 Å². The van der Waals surface area contributed by atoms with Gasteiger partial charge in [-0.25, -0.2) is 0 Å². The number of hydrogen-bond donors (Lipinski definition) is 1. The molecule has 1 heterocycles. The highest BCUT2D eigenvalue weighted by molar-refractivity contribution is 6.21. The van der Waals surface area contributed by atoms with Crippen LogP contribution in [0.25, 0.3) is 0 Å². The summed E-state index contributed by atoms with van der Waals surface area (Å²) in [6.45, 7) is 0. The van der Waals surface area contributed by atoms with Crippen LogP contribution in [0, 0.1) is 0 Å². The number of nitrogens with one attached hydrogen (secondary N) is 1. The van der Waals surface area contributed by atoms with E-state index in [1.54, 1.807) is 0 Å². The second-order valence-electron chi connectivity index (χ2n) is 11.8. The van der Waals surface area contributed by atoms with E-state index in [1.165, 1.54) is 0 Å². The van der Waals surface area contributed by atoms with E-state index in [-0.39, 0.29) is 0 Å². The molecule has 354 valence electrons. The van der Waals surface area contributed by atoms with Crippen molar-refractivity contribution < 1.29 is 159 Å². The number of carbonyl (C=O) groups is 2. The second kappa shape index (κ2) is 13.3. The molecule has 1 aliphatic rings. The van der Waals surface area contributed by atoms with Crippen LogP contribution in [-0.2, 0) is 11.8 Å². The molecule has 1 aromatic rings. The molecule has 0 saturated carbocycles. The number of benzene rings is 1. The number of imide groups is 1. The molecule has 0 spiro atoms. The minimum Gasteiger partial charge on any atom is -0.288 e. The topological polar surface area (TPSA) is 46.2 Å². The van der Waals surface area contributed by atoms with Crippen molar-refractivity contribution in [3.63, 3.8) is 0 Å². The van der Waals surface area contributed by atoms with Crippen molar-refractivity contribution in [2.24, 2.45) is 0 Å². The Kier molecular flexibility index (Phi) is 11.5.